The van der Waals surface area contributed by atoms with E-state index in [1.807, 2.05) is 0 Å². The first-order valence-electron chi connectivity index (χ1n) is 4.91. The zero-order valence-electron chi connectivity index (χ0n) is 8.86. The maximum absolute atomic E-state index is 13.6. The Labute approximate surface area is 113 Å². The van der Waals surface area contributed by atoms with Gasteiger partial charge in [0, 0.05) is 0 Å². The van der Waals surface area contributed by atoms with Crippen LogP contribution in [0.2, 0.25) is 5.02 Å². The van der Waals surface area contributed by atoms with Crippen LogP contribution in [0.25, 0.3) is 0 Å². The van der Waals surface area contributed by atoms with E-state index in [9.17, 15) is 9.18 Å². The summed E-state index contributed by atoms with van der Waals surface area (Å²) in [5.74, 6) is -1.08. The van der Waals surface area contributed by atoms with Crippen molar-refractivity contribution in [3.8, 4) is 0 Å². The molecule has 0 aromatic heterocycles. The van der Waals surface area contributed by atoms with E-state index in [0.717, 1.165) is 0 Å². The van der Waals surface area contributed by atoms with Crippen molar-refractivity contribution in [2.45, 2.75) is 17.7 Å². The largest absolute Gasteiger partial charge is 0.323 e. The third-order valence-electron chi connectivity index (χ3n) is 2.96. The minimum atomic E-state index is -1.08. The molecule has 1 aromatic rings. The molecule has 1 amide bonds. The Hall–Kier alpha value is -0.510. The molecule has 1 aromatic carbocycles. The van der Waals surface area contributed by atoms with Gasteiger partial charge in [-0.3, -0.25) is 4.79 Å². The van der Waals surface area contributed by atoms with Gasteiger partial charge in [-0.15, -0.1) is 23.2 Å². The standard InChI is InChI=1S/C11H9Cl3FNO/c1-10(5-11(10,13)14)9(17)16-7-4-2-3-6(12)8(7)15/h2-4H,5H2,1H3,(H,16,17). The molecule has 0 saturated heterocycles. The molecule has 0 aliphatic heterocycles. The summed E-state index contributed by atoms with van der Waals surface area (Å²) in [7, 11) is 0. The van der Waals surface area contributed by atoms with Gasteiger partial charge in [-0.2, -0.15) is 0 Å². The van der Waals surface area contributed by atoms with Gasteiger partial charge in [0.25, 0.3) is 0 Å². The summed E-state index contributed by atoms with van der Waals surface area (Å²) in [5, 5.41) is 2.39. The number of hydrogen-bond donors (Lipinski definition) is 1. The molecule has 0 radical (unpaired) electrons. The fourth-order valence-electron chi connectivity index (χ4n) is 1.51. The van der Waals surface area contributed by atoms with Crippen LogP contribution in [0.3, 0.4) is 0 Å². The van der Waals surface area contributed by atoms with Crippen molar-refractivity contribution in [3.63, 3.8) is 0 Å². The number of carbonyl (C=O) groups excluding carboxylic acids is 1. The van der Waals surface area contributed by atoms with Gasteiger partial charge in [0.1, 0.15) is 4.33 Å². The number of carbonyl (C=O) groups is 1. The first kappa shape index (κ1) is 12.9. The van der Waals surface area contributed by atoms with E-state index >= 15 is 0 Å². The fraction of sp³-hybridized carbons (Fsp3) is 0.364. The van der Waals surface area contributed by atoms with E-state index in [-0.39, 0.29) is 10.7 Å². The SMILES string of the molecule is CC1(C(=O)Nc2cccc(Cl)c2F)CC1(Cl)Cl. The quantitative estimate of drug-likeness (QED) is 0.821. The lowest BCUT2D eigenvalue weighted by atomic mass is 10.1. The molecule has 92 valence electrons. The Morgan fingerprint density at radius 2 is 2.06 bits per heavy atom. The van der Waals surface area contributed by atoms with E-state index in [1.54, 1.807) is 13.0 Å². The van der Waals surface area contributed by atoms with Crippen LogP contribution in [-0.4, -0.2) is 10.2 Å². The molecule has 1 aliphatic carbocycles. The molecule has 17 heavy (non-hydrogen) atoms. The lowest BCUT2D eigenvalue weighted by Crippen LogP contribution is -2.26. The highest BCUT2D eigenvalue weighted by atomic mass is 35.5. The van der Waals surface area contributed by atoms with Crippen LogP contribution < -0.4 is 5.32 Å². The zero-order valence-corrected chi connectivity index (χ0v) is 11.1. The number of nitrogens with one attached hydrogen (secondary N) is 1. The molecule has 1 unspecified atom stereocenters. The monoisotopic (exact) mass is 295 g/mol. The minimum absolute atomic E-state index is 0.0276. The van der Waals surface area contributed by atoms with Crippen LogP contribution in [0, 0.1) is 11.2 Å². The normalized spacial score (nSPS) is 25.5. The fourth-order valence-corrected chi connectivity index (χ4v) is 2.39. The Bertz CT molecular complexity index is 492. The maximum atomic E-state index is 13.6. The van der Waals surface area contributed by atoms with Crippen molar-refractivity contribution in [1.29, 1.82) is 0 Å². The summed E-state index contributed by atoms with van der Waals surface area (Å²) in [6.45, 7) is 1.63. The second kappa shape index (κ2) is 4.01. The topological polar surface area (TPSA) is 29.1 Å². The number of hydrogen-bond acceptors (Lipinski definition) is 1. The van der Waals surface area contributed by atoms with Gasteiger partial charge in [0.05, 0.1) is 16.1 Å². The van der Waals surface area contributed by atoms with E-state index < -0.39 is 21.5 Å². The molecule has 0 spiro atoms. The van der Waals surface area contributed by atoms with Crippen LogP contribution in [0.5, 0.6) is 0 Å². The van der Waals surface area contributed by atoms with Gasteiger partial charge < -0.3 is 5.32 Å². The highest BCUT2D eigenvalue weighted by Gasteiger charge is 2.67. The molecular weight excluding hydrogens is 287 g/mol. The Kier molecular flexibility index (Phi) is 3.05. The second-order valence-corrected chi connectivity index (χ2v) is 6.16. The number of alkyl halides is 2. The van der Waals surface area contributed by atoms with E-state index in [0.29, 0.717) is 6.42 Å². The number of anilines is 1. The molecule has 0 bridgehead atoms. The van der Waals surface area contributed by atoms with Crippen LogP contribution in [-0.2, 0) is 4.79 Å². The number of benzene rings is 1. The molecule has 1 aliphatic rings. The van der Waals surface area contributed by atoms with Crippen molar-refractivity contribution in [2.75, 3.05) is 5.32 Å². The van der Waals surface area contributed by atoms with Gasteiger partial charge >= 0.3 is 0 Å². The maximum Gasteiger partial charge on any atom is 0.233 e. The molecule has 2 nitrogen and oxygen atoms in total. The predicted octanol–water partition coefficient (Wildman–Crippen LogP) is 4.00. The van der Waals surface area contributed by atoms with E-state index in [1.165, 1.54) is 12.1 Å². The van der Waals surface area contributed by atoms with E-state index in [4.69, 9.17) is 34.8 Å². The van der Waals surface area contributed by atoms with Crippen molar-refractivity contribution in [1.82, 2.24) is 0 Å². The lowest BCUT2D eigenvalue weighted by molar-refractivity contribution is -0.120. The summed E-state index contributed by atoms with van der Waals surface area (Å²) in [6, 6.07) is 4.37. The van der Waals surface area contributed by atoms with Crippen molar-refractivity contribution in [3.05, 3.63) is 29.0 Å². The molecule has 1 N–H and O–H groups in total. The summed E-state index contributed by atoms with van der Waals surface area (Å²) < 4.78 is 12.5. The highest BCUT2D eigenvalue weighted by Crippen LogP contribution is 2.64. The van der Waals surface area contributed by atoms with Gasteiger partial charge in [-0.25, -0.2) is 4.39 Å². The average molecular weight is 297 g/mol. The van der Waals surface area contributed by atoms with Crippen LogP contribution in [0.1, 0.15) is 13.3 Å². The Morgan fingerprint density at radius 1 is 1.47 bits per heavy atom. The predicted molar refractivity (Wildman–Crippen MR) is 67.2 cm³/mol. The Balaban J connectivity index is 2.18. The molecule has 1 saturated carbocycles. The summed E-state index contributed by atoms with van der Waals surface area (Å²) in [4.78, 5) is 11.9. The molecule has 6 heteroatoms. The number of rotatable bonds is 2. The summed E-state index contributed by atoms with van der Waals surface area (Å²) >= 11 is 17.3. The van der Waals surface area contributed by atoms with Gasteiger partial charge in [0.15, 0.2) is 5.82 Å². The van der Waals surface area contributed by atoms with E-state index in [2.05, 4.69) is 5.32 Å². The third kappa shape index (κ3) is 2.12. The number of halogens is 4. The Morgan fingerprint density at radius 3 is 2.59 bits per heavy atom. The first-order valence-corrected chi connectivity index (χ1v) is 6.05. The van der Waals surface area contributed by atoms with Crippen molar-refractivity contribution < 1.29 is 9.18 Å². The van der Waals surface area contributed by atoms with Gasteiger partial charge in [-0.1, -0.05) is 17.7 Å². The minimum Gasteiger partial charge on any atom is -0.323 e. The smallest absolute Gasteiger partial charge is 0.233 e. The summed E-state index contributed by atoms with van der Waals surface area (Å²) in [5.41, 5.74) is -0.857. The van der Waals surface area contributed by atoms with Crippen molar-refractivity contribution >= 4 is 46.4 Å². The summed E-state index contributed by atoms with van der Waals surface area (Å²) in [6.07, 6.45) is 0.344. The molecular formula is C11H9Cl3FNO. The molecule has 1 atom stereocenters. The van der Waals surface area contributed by atoms with Gasteiger partial charge in [0.2, 0.25) is 5.91 Å². The van der Waals surface area contributed by atoms with Gasteiger partial charge in [-0.05, 0) is 25.5 Å². The molecule has 1 fully saturated rings. The van der Waals surface area contributed by atoms with Crippen LogP contribution in [0.15, 0.2) is 18.2 Å². The van der Waals surface area contributed by atoms with Crippen molar-refractivity contribution in [2.24, 2.45) is 5.41 Å². The molecule has 2 rings (SSSR count). The number of amides is 1. The van der Waals surface area contributed by atoms with Crippen LogP contribution in [0.4, 0.5) is 10.1 Å². The second-order valence-electron chi connectivity index (χ2n) is 4.27. The lowest BCUT2D eigenvalue weighted by Gasteiger charge is -2.13. The first-order chi connectivity index (χ1) is 7.78. The third-order valence-corrected chi connectivity index (χ3v) is 4.35. The average Bonchev–Trinajstić information content (AvgIpc) is 2.75. The zero-order chi connectivity index (χ0) is 12.8. The van der Waals surface area contributed by atoms with Crippen LogP contribution >= 0.6 is 34.8 Å². The molecule has 0 heterocycles. The highest BCUT2D eigenvalue weighted by molar-refractivity contribution is 6.53.